The fourth-order valence-electron chi connectivity index (χ4n) is 1.49. The van der Waals surface area contributed by atoms with Crippen LogP contribution in [0.25, 0.3) is 0 Å². The van der Waals surface area contributed by atoms with E-state index in [0.29, 0.717) is 25.3 Å². The van der Waals surface area contributed by atoms with Crippen LogP contribution in [0.5, 0.6) is 0 Å². The highest BCUT2D eigenvalue weighted by Gasteiger charge is 2.17. The van der Waals surface area contributed by atoms with Crippen LogP contribution in [0.3, 0.4) is 0 Å². The van der Waals surface area contributed by atoms with Gasteiger partial charge in [0.2, 0.25) is 0 Å². The van der Waals surface area contributed by atoms with Gasteiger partial charge in [-0.1, -0.05) is 26.0 Å². The summed E-state index contributed by atoms with van der Waals surface area (Å²) in [7, 11) is -3.44. The molecule has 6 heteroatoms. The third-order valence-corrected chi connectivity index (χ3v) is 4.17. The molecule has 3 N–H and O–H groups in total. The number of nitrogens with zero attached hydrogens (tertiary/aromatic N) is 1. The molecular weight excluding hydrogens is 238 g/mol. The van der Waals surface area contributed by atoms with Gasteiger partial charge in [-0.3, -0.25) is 4.72 Å². The predicted octanol–water partition coefficient (Wildman–Crippen LogP) is 1.14. The van der Waals surface area contributed by atoms with Gasteiger partial charge in [-0.15, -0.1) is 0 Å². The minimum Gasteiger partial charge on any atom is -0.326 e. The maximum absolute atomic E-state index is 11.9. The van der Waals surface area contributed by atoms with Crippen LogP contribution in [0.15, 0.2) is 24.3 Å². The highest BCUT2D eigenvalue weighted by Crippen LogP contribution is 2.12. The second-order valence-corrected chi connectivity index (χ2v) is 5.26. The summed E-state index contributed by atoms with van der Waals surface area (Å²) in [5.74, 6) is 0. The number of nitrogens with one attached hydrogen (secondary N) is 1. The molecule has 0 aliphatic heterocycles. The molecular formula is C11H19N3O2S. The minimum absolute atomic E-state index is 0.447. The van der Waals surface area contributed by atoms with Crippen molar-refractivity contribution in [3.63, 3.8) is 0 Å². The number of hydrogen-bond donors (Lipinski definition) is 2. The lowest BCUT2D eigenvalue weighted by atomic mass is 10.2. The maximum Gasteiger partial charge on any atom is 0.301 e. The molecule has 0 spiro atoms. The molecule has 0 bridgehead atoms. The molecule has 0 aliphatic rings. The Bertz CT molecular complexity index is 438. The summed E-state index contributed by atoms with van der Waals surface area (Å²) in [6.45, 7) is 4.96. The topological polar surface area (TPSA) is 75.4 Å². The predicted molar refractivity (Wildman–Crippen MR) is 69.8 cm³/mol. The van der Waals surface area contributed by atoms with Crippen LogP contribution in [0.1, 0.15) is 19.4 Å². The van der Waals surface area contributed by atoms with Crippen LogP contribution in [-0.4, -0.2) is 25.8 Å². The number of hydrogen-bond acceptors (Lipinski definition) is 3. The molecule has 0 saturated heterocycles. The molecule has 1 aromatic rings. The quantitative estimate of drug-likeness (QED) is 0.802. The standard InChI is InChI=1S/C11H19N3O2S/c1-3-14(4-2)17(15,16)13-11-7-5-10(9-12)6-8-11/h5-8,13H,3-4,9,12H2,1-2H3. The van der Waals surface area contributed by atoms with E-state index in [-0.39, 0.29) is 0 Å². The van der Waals surface area contributed by atoms with E-state index in [2.05, 4.69) is 4.72 Å². The Hall–Kier alpha value is -1.11. The van der Waals surface area contributed by atoms with Crippen LogP contribution in [0, 0.1) is 0 Å². The summed E-state index contributed by atoms with van der Waals surface area (Å²) in [6, 6.07) is 7.03. The molecule has 17 heavy (non-hydrogen) atoms. The number of anilines is 1. The molecule has 0 atom stereocenters. The van der Waals surface area contributed by atoms with Crippen molar-refractivity contribution in [2.45, 2.75) is 20.4 Å². The van der Waals surface area contributed by atoms with Crippen molar-refractivity contribution < 1.29 is 8.42 Å². The van der Waals surface area contributed by atoms with Crippen molar-refractivity contribution in [3.8, 4) is 0 Å². The highest BCUT2D eigenvalue weighted by atomic mass is 32.2. The van der Waals surface area contributed by atoms with Gasteiger partial charge in [-0.2, -0.15) is 12.7 Å². The highest BCUT2D eigenvalue weighted by molar-refractivity contribution is 7.90. The number of benzene rings is 1. The molecule has 0 unspecified atom stereocenters. The van der Waals surface area contributed by atoms with E-state index in [4.69, 9.17) is 5.73 Å². The van der Waals surface area contributed by atoms with E-state index in [0.717, 1.165) is 5.56 Å². The van der Waals surface area contributed by atoms with E-state index in [1.807, 2.05) is 0 Å². The first-order valence-corrected chi connectivity index (χ1v) is 7.04. The summed E-state index contributed by atoms with van der Waals surface area (Å²) < 4.78 is 27.7. The monoisotopic (exact) mass is 257 g/mol. The molecule has 0 aliphatic carbocycles. The van der Waals surface area contributed by atoms with Crippen LogP contribution >= 0.6 is 0 Å². The van der Waals surface area contributed by atoms with Crippen molar-refractivity contribution in [2.24, 2.45) is 5.73 Å². The molecule has 0 aromatic heterocycles. The summed E-state index contributed by atoms with van der Waals surface area (Å²) in [5, 5.41) is 0. The average molecular weight is 257 g/mol. The van der Waals surface area contributed by atoms with Gasteiger partial charge >= 0.3 is 10.2 Å². The largest absolute Gasteiger partial charge is 0.326 e. The van der Waals surface area contributed by atoms with Gasteiger partial charge in [-0.05, 0) is 17.7 Å². The summed E-state index contributed by atoms with van der Waals surface area (Å²) in [5.41, 5.74) is 6.99. The second-order valence-electron chi connectivity index (χ2n) is 3.59. The Balaban J connectivity index is 2.82. The Labute approximate surface area is 103 Å². The lowest BCUT2D eigenvalue weighted by Gasteiger charge is -2.19. The molecule has 1 rings (SSSR count). The maximum atomic E-state index is 11.9. The molecule has 0 amide bonds. The fourth-order valence-corrected chi connectivity index (χ4v) is 2.73. The normalized spacial score (nSPS) is 11.8. The summed E-state index contributed by atoms with van der Waals surface area (Å²) in [4.78, 5) is 0. The van der Waals surface area contributed by atoms with Gasteiger partial charge in [0, 0.05) is 25.3 Å². The zero-order valence-corrected chi connectivity index (χ0v) is 11.0. The third kappa shape index (κ3) is 3.69. The van der Waals surface area contributed by atoms with Crippen molar-refractivity contribution in [2.75, 3.05) is 17.8 Å². The zero-order chi connectivity index (χ0) is 12.9. The molecule has 0 saturated carbocycles. The van der Waals surface area contributed by atoms with E-state index < -0.39 is 10.2 Å². The lowest BCUT2D eigenvalue weighted by Crippen LogP contribution is -2.35. The molecule has 0 radical (unpaired) electrons. The zero-order valence-electron chi connectivity index (χ0n) is 10.2. The Morgan fingerprint density at radius 3 is 2.12 bits per heavy atom. The Morgan fingerprint density at radius 2 is 1.71 bits per heavy atom. The number of nitrogens with two attached hydrogens (primary N) is 1. The minimum atomic E-state index is -3.44. The van der Waals surface area contributed by atoms with Crippen LogP contribution in [0.2, 0.25) is 0 Å². The van der Waals surface area contributed by atoms with Gasteiger partial charge in [0.1, 0.15) is 0 Å². The van der Waals surface area contributed by atoms with Crippen molar-refractivity contribution in [1.82, 2.24) is 4.31 Å². The van der Waals surface area contributed by atoms with Gasteiger partial charge in [0.15, 0.2) is 0 Å². The molecule has 0 fully saturated rings. The van der Waals surface area contributed by atoms with E-state index >= 15 is 0 Å². The molecule has 96 valence electrons. The Morgan fingerprint density at radius 1 is 1.18 bits per heavy atom. The van der Waals surface area contributed by atoms with Crippen LogP contribution in [0.4, 0.5) is 5.69 Å². The van der Waals surface area contributed by atoms with E-state index in [1.54, 1.807) is 38.1 Å². The SMILES string of the molecule is CCN(CC)S(=O)(=O)Nc1ccc(CN)cc1. The van der Waals surface area contributed by atoms with Crippen molar-refractivity contribution >= 4 is 15.9 Å². The van der Waals surface area contributed by atoms with Gasteiger partial charge in [-0.25, -0.2) is 0 Å². The van der Waals surface area contributed by atoms with Gasteiger partial charge in [0.05, 0.1) is 0 Å². The van der Waals surface area contributed by atoms with Gasteiger partial charge < -0.3 is 5.73 Å². The van der Waals surface area contributed by atoms with Gasteiger partial charge in [0.25, 0.3) is 0 Å². The van der Waals surface area contributed by atoms with E-state index in [1.165, 1.54) is 4.31 Å². The first-order valence-electron chi connectivity index (χ1n) is 5.60. The second kappa shape index (κ2) is 6.00. The van der Waals surface area contributed by atoms with Crippen molar-refractivity contribution in [3.05, 3.63) is 29.8 Å². The average Bonchev–Trinajstić information content (AvgIpc) is 2.30. The summed E-state index contributed by atoms with van der Waals surface area (Å²) in [6.07, 6.45) is 0. The fraction of sp³-hybridized carbons (Fsp3) is 0.455. The first-order chi connectivity index (χ1) is 8.03. The lowest BCUT2D eigenvalue weighted by molar-refractivity contribution is 0.449. The van der Waals surface area contributed by atoms with Crippen LogP contribution < -0.4 is 10.5 Å². The van der Waals surface area contributed by atoms with Crippen LogP contribution in [-0.2, 0) is 16.8 Å². The Kier molecular flexibility index (Phi) is 4.92. The summed E-state index contributed by atoms with van der Waals surface area (Å²) >= 11 is 0. The molecule has 0 heterocycles. The van der Waals surface area contributed by atoms with E-state index in [9.17, 15) is 8.42 Å². The number of rotatable bonds is 6. The third-order valence-electron chi connectivity index (χ3n) is 2.48. The first kappa shape index (κ1) is 14.0. The molecule has 5 nitrogen and oxygen atoms in total. The van der Waals surface area contributed by atoms with Crippen molar-refractivity contribution in [1.29, 1.82) is 0 Å². The smallest absolute Gasteiger partial charge is 0.301 e. The molecule has 1 aromatic carbocycles.